The lowest BCUT2D eigenvalue weighted by molar-refractivity contribution is -0.162. The first-order valence-electron chi connectivity index (χ1n) is 11.1. The first-order chi connectivity index (χ1) is 16.0. The van der Waals surface area contributed by atoms with Crippen LogP contribution in [-0.2, 0) is 24.7 Å². The molecule has 0 aliphatic heterocycles. The number of aryl methyl sites for hydroxylation is 1. The summed E-state index contributed by atoms with van der Waals surface area (Å²) < 4.78 is 11.6. The Hall–Kier alpha value is -3.15. The fourth-order valence-electron chi connectivity index (χ4n) is 3.73. The van der Waals surface area contributed by atoms with E-state index in [2.05, 4.69) is 0 Å². The van der Waals surface area contributed by atoms with Gasteiger partial charge in [-0.2, -0.15) is 0 Å². The average molecular weight is 480 g/mol. The predicted molar refractivity (Wildman–Crippen MR) is 133 cm³/mol. The Kier molecular flexibility index (Phi) is 7.80. The van der Waals surface area contributed by atoms with Crippen LogP contribution in [0.4, 0.5) is 0 Å². The molecule has 0 heterocycles. The Morgan fingerprint density at radius 1 is 0.853 bits per heavy atom. The van der Waals surface area contributed by atoms with Crippen LogP contribution < -0.4 is 5.73 Å². The molecule has 0 aromatic heterocycles. The first kappa shape index (κ1) is 25.5. The summed E-state index contributed by atoms with van der Waals surface area (Å²) in [4.78, 5) is 25.7. The molecule has 3 rings (SSSR count). The van der Waals surface area contributed by atoms with Gasteiger partial charge in [-0.3, -0.25) is 9.59 Å². The van der Waals surface area contributed by atoms with Gasteiger partial charge in [-0.05, 0) is 33.8 Å². The number of carbonyl (C=O) groups is 2. The van der Waals surface area contributed by atoms with Crippen molar-refractivity contribution < 1.29 is 19.1 Å². The van der Waals surface area contributed by atoms with Gasteiger partial charge in [0.05, 0.1) is 6.42 Å². The van der Waals surface area contributed by atoms with Crippen molar-refractivity contribution in [2.75, 3.05) is 0 Å². The third-order valence-electron chi connectivity index (χ3n) is 5.25. The van der Waals surface area contributed by atoms with Gasteiger partial charge in [0.25, 0.3) is 0 Å². The summed E-state index contributed by atoms with van der Waals surface area (Å²) in [7, 11) is 0. The van der Waals surface area contributed by atoms with E-state index in [0.717, 1.165) is 5.56 Å². The highest BCUT2D eigenvalue weighted by atomic mass is 35.5. The first-order valence-corrected chi connectivity index (χ1v) is 11.5. The Morgan fingerprint density at radius 3 is 2.00 bits per heavy atom. The predicted octanol–water partition coefficient (Wildman–Crippen LogP) is 5.54. The molecule has 2 N–H and O–H groups in total. The maximum Gasteiger partial charge on any atom is 0.325 e. The van der Waals surface area contributed by atoms with Gasteiger partial charge in [0.2, 0.25) is 0 Å². The second kappa shape index (κ2) is 10.4. The van der Waals surface area contributed by atoms with E-state index in [9.17, 15) is 9.59 Å². The molecule has 0 saturated heterocycles. The minimum atomic E-state index is -1.38. The number of esters is 2. The van der Waals surface area contributed by atoms with Crippen molar-refractivity contribution in [2.24, 2.45) is 5.73 Å². The third kappa shape index (κ3) is 5.85. The Labute approximate surface area is 205 Å². The number of carbonyl (C=O) groups excluding carboxylic acids is 2. The summed E-state index contributed by atoms with van der Waals surface area (Å²) in [6.45, 7) is 7.24. The van der Waals surface area contributed by atoms with Crippen LogP contribution in [0.3, 0.4) is 0 Å². The fraction of sp³-hybridized carbons (Fsp3) is 0.286. The summed E-state index contributed by atoms with van der Waals surface area (Å²) in [6, 6.07) is 23.0. The normalized spacial score (nSPS) is 14.1. The van der Waals surface area contributed by atoms with E-state index in [1.165, 1.54) is 0 Å². The van der Waals surface area contributed by atoms with Crippen molar-refractivity contribution in [1.29, 1.82) is 0 Å². The van der Waals surface area contributed by atoms with Crippen molar-refractivity contribution in [3.8, 4) is 0 Å². The highest BCUT2D eigenvalue weighted by Gasteiger charge is 2.43. The minimum absolute atomic E-state index is 0.308. The molecule has 0 bridgehead atoms. The van der Waals surface area contributed by atoms with E-state index in [4.69, 9.17) is 26.8 Å². The van der Waals surface area contributed by atoms with Crippen LogP contribution >= 0.6 is 11.6 Å². The fourth-order valence-corrected chi connectivity index (χ4v) is 4.00. The molecule has 0 spiro atoms. The summed E-state index contributed by atoms with van der Waals surface area (Å²) in [5.74, 6) is -1.31. The second-order valence-corrected chi connectivity index (χ2v) is 9.62. The number of halogens is 1. The van der Waals surface area contributed by atoms with E-state index in [1.807, 2.05) is 79.7 Å². The Balaban J connectivity index is 2.11. The van der Waals surface area contributed by atoms with Gasteiger partial charge in [0, 0.05) is 21.7 Å². The largest absolute Gasteiger partial charge is 0.460 e. The lowest BCUT2D eigenvalue weighted by Gasteiger charge is -2.36. The molecule has 34 heavy (non-hydrogen) atoms. The lowest BCUT2D eigenvalue weighted by atomic mass is 9.79. The minimum Gasteiger partial charge on any atom is -0.460 e. The molecule has 0 radical (unpaired) electrons. The van der Waals surface area contributed by atoms with Crippen molar-refractivity contribution in [3.63, 3.8) is 0 Å². The molecular formula is C28H30ClNO4. The van der Waals surface area contributed by atoms with Gasteiger partial charge in [-0.25, -0.2) is 0 Å². The molecule has 0 fully saturated rings. The Bertz CT molecular complexity index is 1140. The highest BCUT2D eigenvalue weighted by molar-refractivity contribution is 6.31. The van der Waals surface area contributed by atoms with Gasteiger partial charge in [-0.1, -0.05) is 90.0 Å². The van der Waals surface area contributed by atoms with E-state index in [1.54, 1.807) is 26.8 Å². The molecule has 6 heteroatoms. The van der Waals surface area contributed by atoms with Gasteiger partial charge >= 0.3 is 11.9 Å². The van der Waals surface area contributed by atoms with E-state index in [0.29, 0.717) is 21.7 Å². The number of nitrogens with two attached hydrogens (primary N) is 1. The SMILES string of the molecule is Cc1ccc(C(OC(=O)[C@H](N)CC(=O)OC(C)(C)C)(c2ccccc2)c2ccccc2Cl)cc1. The maximum absolute atomic E-state index is 13.4. The molecular weight excluding hydrogens is 450 g/mol. The molecule has 2 atom stereocenters. The van der Waals surface area contributed by atoms with Crippen LogP contribution in [0.25, 0.3) is 0 Å². The molecule has 0 aliphatic carbocycles. The summed E-state index contributed by atoms with van der Waals surface area (Å²) in [5.41, 5.74) is 7.11. The average Bonchev–Trinajstić information content (AvgIpc) is 2.77. The number of ether oxygens (including phenoxy) is 2. The molecule has 3 aromatic rings. The second-order valence-electron chi connectivity index (χ2n) is 9.21. The topological polar surface area (TPSA) is 78.6 Å². The summed E-state index contributed by atoms with van der Waals surface area (Å²) in [6.07, 6.45) is -0.308. The van der Waals surface area contributed by atoms with E-state index in [-0.39, 0.29) is 6.42 Å². The highest BCUT2D eigenvalue weighted by Crippen LogP contribution is 2.43. The van der Waals surface area contributed by atoms with Crippen LogP contribution in [0.1, 0.15) is 49.4 Å². The van der Waals surface area contributed by atoms with Crippen molar-refractivity contribution >= 4 is 23.5 Å². The monoisotopic (exact) mass is 479 g/mol. The molecule has 3 aromatic carbocycles. The smallest absolute Gasteiger partial charge is 0.325 e. The lowest BCUT2D eigenvalue weighted by Crippen LogP contribution is -2.43. The van der Waals surface area contributed by atoms with Gasteiger partial charge in [0.15, 0.2) is 5.60 Å². The van der Waals surface area contributed by atoms with Crippen LogP contribution in [0.5, 0.6) is 0 Å². The summed E-state index contributed by atoms with van der Waals surface area (Å²) in [5, 5.41) is 0.431. The quantitative estimate of drug-likeness (QED) is 0.355. The van der Waals surface area contributed by atoms with Crippen LogP contribution in [-0.4, -0.2) is 23.6 Å². The molecule has 1 unspecified atom stereocenters. The van der Waals surface area contributed by atoms with Gasteiger partial charge in [0.1, 0.15) is 11.6 Å². The summed E-state index contributed by atoms with van der Waals surface area (Å²) >= 11 is 6.66. The number of rotatable bonds is 7. The molecule has 0 aliphatic rings. The molecule has 5 nitrogen and oxygen atoms in total. The molecule has 0 saturated carbocycles. The van der Waals surface area contributed by atoms with Gasteiger partial charge in [-0.15, -0.1) is 0 Å². The number of benzene rings is 3. The maximum atomic E-state index is 13.4. The zero-order valence-electron chi connectivity index (χ0n) is 19.9. The number of hydrogen-bond acceptors (Lipinski definition) is 5. The van der Waals surface area contributed by atoms with Crippen molar-refractivity contribution in [1.82, 2.24) is 0 Å². The number of hydrogen-bond donors (Lipinski definition) is 1. The standard InChI is InChI=1S/C28H30ClNO4/c1-19-14-16-21(17-15-19)28(20-10-6-5-7-11-20,22-12-8-9-13-23(22)29)34-26(32)24(30)18-25(31)33-27(2,3)4/h5-17,24H,18,30H2,1-4H3/t24-,28?/m1/s1. The van der Waals surface area contributed by atoms with Crippen molar-refractivity contribution in [3.05, 3.63) is 106 Å². The zero-order valence-corrected chi connectivity index (χ0v) is 20.6. The van der Waals surface area contributed by atoms with E-state index < -0.39 is 29.2 Å². The van der Waals surface area contributed by atoms with Crippen LogP contribution in [0.2, 0.25) is 5.02 Å². The van der Waals surface area contributed by atoms with Crippen LogP contribution in [0, 0.1) is 6.92 Å². The van der Waals surface area contributed by atoms with Crippen molar-refractivity contribution in [2.45, 2.75) is 51.4 Å². The molecule has 0 amide bonds. The molecule has 178 valence electrons. The van der Waals surface area contributed by atoms with E-state index >= 15 is 0 Å². The van der Waals surface area contributed by atoms with Crippen LogP contribution in [0.15, 0.2) is 78.9 Å². The zero-order chi connectivity index (χ0) is 24.9. The van der Waals surface area contributed by atoms with Gasteiger partial charge < -0.3 is 15.2 Å². The Morgan fingerprint density at radius 2 is 1.41 bits per heavy atom. The third-order valence-corrected chi connectivity index (χ3v) is 5.58.